The van der Waals surface area contributed by atoms with Crippen molar-refractivity contribution in [2.24, 2.45) is 0 Å². The molecule has 0 saturated carbocycles. The molecule has 1 N–H and O–H groups in total. The molecule has 0 atom stereocenters. The molecule has 0 spiro atoms. The first-order valence-electron chi connectivity index (χ1n) is 9.72. The number of rotatable bonds is 2. The number of benzene rings is 3. The average Bonchev–Trinajstić information content (AvgIpc) is 2.77. The predicted octanol–water partition coefficient (Wildman–Crippen LogP) is 4.16. The molecular weight excluding hydrogens is 409 g/mol. The predicted molar refractivity (Wildman–Crippen MR) is 109 cm³/mol. The molecule has 0 bridgehead atoms. The Bertz CT molecular complexity index is 1150. The van der Waals surface area contributed by atoms with Crippen molar-refractivity contribution in [2.45, 2.75) is 6.18 Å². The minimum Gasteiger partial charge on any atom is -0.507 e. The molecule has 0 aromatic heterocycles. The Hall–Kier alpha value is -3.55. The molecule has 0 aliphatic carbocycles. The average molecular weight is 428 g/mol. The Morgan fingerprint density at radius 1 is 0.742 bits per heavy atom. The van der Waals surface area contributed by atoms with Crippen LogP contribution in [0.25, 0.3) is 10.8 Å². The summed E-state index contributed by atoms with van der Waals surface area (Å²) in [7, 11) is 0. The van der Waals surface area contributed by atoms with Gasteiger partial charge in [0, 0.05) is 26.2 Å². The molecule has 1 heterocycles. The fourth-order valence-electron chi connectivity index (χ4n) is 3.77. The summed E-state index contributed by atoms with van der Waals surface area (Å²) in [5.41, 5.74) is -1.22. The standard InChI is InChI=1S/C23H19F3N2O3/c24-23(25,26)19-8-4-3-7-17(19)21(30)27-9-11-28(12-10-27)22(31)18-13-15-5-1-2-6-16(15)14-20(18)29/h1-8,13-14,29H,9-12H2. The van der Waals surface area contributed by atoms with Gasteiger partial charge >= 0.3 is 6.18 Å². The van der Waals surface area contributed by atoms with Crippen LogP contribution in [0.2, 0.25) is 0 Å². The van der Waals surface area contributed by atoms with E-state index in [4.69, 9.17) is 0 Å². The number of piperazine rings is 1. The maximum Gasteiger partial charge on any atom is 0.417 e. The van der Waals surface area contributed by atoms with Gasteiger partial charge in [-0.15, -0.1) is 0 Å². The molecule has 8 heteroatoms. The molecule has 160 valence electrons. The molecule has 4 rings (SSSR count). The number of nitrogens with zero attached hydrogens (tertiary/aromatic N) is 2. The van der Waals surface area contributed by atoms with E-state index in [9.17, 15) is 27.9 Å². The summed E-state index contributed by atoms with van der Waals surface area (Å²) in [6, 6.07) is 15.1. The lowest BCUT2D eigenvalue weighted by Crippen LogP contribution is -2.50. The SMILES string of the molecule is O=C(c1cc2ccccc2cc1O)N1CCN(C(=O)c2ccccc2C(F)(F)F)CC1. The summed E-state index contributed by atoms with van der Waals surface area (Å²) in [4.78, 5) is 28.4. The third kappa shape index (κ3) is 4.05. The number of carbonyl (C=O) groups is 2. The van der Waals surface area contributed by atoms with Crippen molar-refractivity contribution < 1.29 is 27.9 Å². The molecule has 1 aliphatic heterocycles. The van der Waals surface area contributed by atoms with Crippen LogP contribution >= 0.6 is 0 Å². The molecule has 2 amide bonds. The summed E-state index contributed by atoms with van der Waals surface area (Å²) in [5, 5.41) is 11.9. The summed E-state index contributed by atoms with van der Waals surface area (Å²) in [6.07, 6.45) is -4.63. The Labute approximate surface area is 176 Å². The minimum atomic E-state index is -4.63. The van der Waals surface area contributed by atoms with Gasteiger partial charge in [0.2, 0.25) is 0 Å². The topological polar surface area (TPSA) is 60.9 Å². The van der Waals surface area contributed by atoms with Gasteiger partial charge in [0.05, 0.1) is 16.7 Å². The summed E-state index contributed by atoms with van der Waals surface area (Å²) < 4.78 is 39.7. The lowest BCUT2D eigenvalue weighted by atomic mass is 10.0. The molecule has 3 aromatic rings. The molecule has 1 fully saturated rings. The van der Waals surface area contributed by atoms with Gasteiger partial charge < -0.3 is 14.9 Å². The van der Waals surface area contributed by atoms with Gasteiger partial charge in [-0.2, -0.15) is 13.2 Å². The van der Waals surface area contributed by atoms with Crippen LogP contribution in [0.1, 0.15) is 26.3 Å². The van der Waals surface area contributed by atoms with E-state index in [0.29, 0.717) is 0 Å². The molecular formula is C23H19F3N2O3. The second kappa shape index (κ2) is 7.94. The molecule has 0 radical (unpaired) electrons. The van der Waals surface area contributed by atoms with Crippen molar-refractivity contribution >= 4 is 22.6 Å². The van der Waals surface area contributed by atoms with Crippen LogP contribution in [-0.4, -0.2) is 52.9 Å². The van der Waals surface area contributed by atoms with E-state index in [1.54, 1.807) is 6.07 Å². The van der Waals surface area contributed by atoms with Gasteiger partial charge in [-0.25, -0.2) is 0 Å². The number of fused-ring (bicyclic) bond motifs is 1. The van der Waals surface area contributed by atoms with Crippen LogP contribution in [0.15, 0.2) is 60.7 Å². The summed E-state index contributed by atoms with van der Waals surface area (Å²) >= 11 is 0. The van der Waals surface area contributed by atoms with Gasteiger partial charge in [-0.05, 0) is 35.0 Å². The highest BCUT2D eigenvalue weighted by Gasteiger charge is 2.36. The van der Waals surface area contributed by atoms with Crippen molar-refractivity contribution in [3.05, 3.63) is 77.4 Å². The lowest BCUT2D eigenvalue weighted by Gasteiger charge is -2.35. The zero-order valence-corrected chi connectivity index (χ0v) is 16.4. The van der Waals surface area contributed by atoms with Crippen LogP contribution in [0.5, 0.6) is 5.75 Å². The summed E-state index contributed by atoms with van der Waals surface area (Å²) in [6.45, 7) is 0.520. The van der Waals surface area contributed by atoms with E-state index in [2.05, 4.69) is 0 Å². The van der Waals surface area contributed by atoms with E-state index < -0.39 is 23.2 Å². The normalized spacial score (nSPS) is 14.7. The van der Waals surface area contributed by atoms with Crippen LogP contribution < -0.4 is 0 Å². The molecule has 5 nitrogen and oxygen atoms in total. The number of halogens is 3. The maximum atomic E-state index is 13.2. The third-order valence-corrected chi connectivity index (χ3v) is 5.41. The molecule has 1 aliphatic rings. The smallest absolute Gasteiger partial charge is 0.417 e. The quantitative estimate of drug-likeness (QED) is 0.667. The fourth-order valence-corrected chi connectivity index (χ4v) is 3.77. The molecule has 31 heavy (non-hydrogen) atoms. The van der Waals surface area contributed by atoms with Gasteiger partial charge in [-0.3, -0.25) is 9.59 Å². The second-order valence-electron chi connectivity index (χ2n) is 7.34. The van der Waals surface area contributed by atoms with E-state index in [1.165, 1.54) is 28.0 Å². The highest BCUT2D eigenvalue weighted by atomic mass is 19.4. The van der Waals surface area contributed by atoms with Crippen LogP contribution in [0, 0.1) is 0 Å². The largest absolute Gasteiger partial charge is 0.507 e. The van der Waals surface area contributed by atoms with Crippen molar-refractivity contribution in [1.29, 1.82) is 0 Å². The van der Waals surface area contributed by atoms with Gasteiger partial charge in [0.15, 0.2) is 0 Å². The monoisotopic (exact) mass is 428 g/mol. The fraction of sp³-hybridized carbons (Fsp3) is 0.217. The summed E-state index contributed by atoms with van der Waals surface area (Å²) in [5.74, 6) is -1.24. The molecule has 3 aromatic carbocycles. The van der Waals surface area contributed by atoms with Crippen molar-refractivity contribution in [2.75, 3.05) is 26.2 Å². The van der Waals surface area contributed by atoms with Crippen LogP contribution in [0.4, 0.5) is 13.2 Å². The number of phenols is 1. The Kier molecular flexibility index (Phi) is 5.31. The minimum absolute atomic E-state index is 0.102. The van der Waals surface area contributed by atoms with E-state index >= 15 is 0 Å². The number of amides is 2. The van der Waals surface area contributed by atoms with Crippen LogP contribution in [-0.2, 0) is 6.18 Å². The first-order chi connectivity index (χ1) is 14.8. The van der Waals surface area contributed by atoms with Gasteiger partial charge in [0.1, 0.15) is 5.75 Å². The highest BCUT2D eigenvalue weighted by molar-refractivity contribution is 6.02. The Morgan fingerprint density at radius 2 is 1.23 bits per heavy atom. The number of hydrogen-bond donors (Lipinski definition) is 1. The zero-order valence-electron chi connectivity index (χ0n) is 16.4. The Morgan fingerprint density at radius 3 is 1.81 bits per heavy atom. The second-order valence-corrected chi connectivity index (χ2v) is 7.34. The van der Waals surface area contributed by atoms with Crippen LogP contribution in [0.3, 0.4) is 0 Å². The maximum absolute atomic E-state index is 13.2. The number of phenolic OH excluding ortho intramolecular Hbond substituents is 1. The van der Waals surface area contributed by atoms with Gasteiger partial charge in [-0.1, -0.05) is 36.4 Å². The number of aromatic hydroxyl groups is 1. The Balaban J connectivity index is 1.49. The van der Waals surface area contributed by atoms with Crippen molar-refractivity contribution in [3.63, 3.8) is 0 Å². The zero-order chi connectivity index (χ0) is 22.2. The number of carbonyl (C=O) groups excluding carboxylic acids is 2. The van der Waals surface area contributed by atoms with Crippen molar-refractivity contribution in [1.82, 2.24) is 9.80 Å². The third-order valence-electron chi connectivity index (χ3n) is 5.41. The highest BCUT2D eigenvalue weighted by Crippen LogP contribution is 2.32. The number of alkyl halides is 3. The first-order valence-corrected chi connectivity index (χ1v) is 9.72. The van der Waals surface area contributed by atoms with Gasteiger partial charge in [0.25, 0.3) is 11.8 Å². The molecule has 1 saturated heterocycles. The van der Waals surface area contributed by atoms with E-state index in [1.807, 2.05) is 24.3 Å². The first kappa shape index (κ1) is 20.7. The van der Waals surface area contributed by atoms with Crippen molar-refractivity contribution in [3.8, 4) is 5.75 Å². The van der Waals surface area contributed by atoms with E-state index in [0.717, 1.165) is 22.9 Å². The molecule has 0 unspecified atom stereocenters. The number of hydrogen-bond acceptors (Lipinski definition) is 3. The van der Waals surface area contributed by atoms with E-state index in [-0.39, 0.29) is 43.4 Å². The lowest BCUT2D eigenvalue weighted by molar-refractivity contribution is -0.138.